The first-order valence-corrected chi connectivity index (χ1v) is 9.42. The second kappa shape index (κ2) is 7.62. The molecule has 2 N–H and O–H groups in total. The van der Waals surface area contributed by atoms with Gasteiger partial charge in [0.2, 0.25) is 5.58 Å². The number of carbonyl (C=O) groups excluding carboxylic acids is 1. The molecular formula is C21H26N4O4. The first-order valence-electron chi connectivity index (χ1n) is 9.42. The number of rotatable bonds is 4. The number of hydrogen-bond acceptors (Lipinski definition) is 5. The van der Waals surface area contributed by atoms with Gasteiger partial charge in [0.15, 0.2) is 11.4 Å². The number of nitrogens with one attached hydrogen (secondary N) is 2. The highest BCUT2D eigenvalue weighted by Gasteiger charge is 2.20. The molecule has 0 saturated carbocycles. The van der Waals surface area contributed by atoms with Gasteiger partial charge >= 0.3 is 11.8 Å². The molecule has 1 aromatic carbocycles. The van der Waals surface area contributed by atoms with E-state index in [-0.39, 0.29) is 12.1 Å². The topological polar surface area (TPSA) is 98.4 Å². The molecule has 0 unspecified atom stereocenters. The summed E-state index contributed by atoms with van der Waals surface area (Å²) in [5, 5.41) is 5.78. The highest BCUT2D eigenvalue weighted by molar-refractivity contribution is 5.92. The largest absolute Gasteiger partial charge is 0.453 e. The van der Waals surface area contributed by atoms with E-state index in [0.717, 1.165) is 27.9 Å². The van der Waals surface area contributed by atoms with E-state index < -0.39 is 5.76 Å². The van der Waals surface area contributed by atoms with Crippen molar-refractivity contribution in [1.29, 1.82) is 0 Å². The molecule has 0 bridgehead atoms. The van der Waals surface area contributed by atoms with E-state index in [9.17, 15) is 9.59 Å². The number of hydrogen-bond donors (Lipinski definition) is 2. The second-order valence-corrected chi connectivity index (χ2v) is 7.45. The van der Waals surface area contributed by atoms with Crippen LogP contribution < -0.4 is 21.1 Å². The molecule has 0 aliphatic rings. The highest BCUT2D eigenvalue weighted by Crippen LogP contribution is 2.39. The van der Waals surface area contributed by atoms with Gasteiger partial charge in [-0.25, -0.2) is 14.6 Å². The number of urea groups is 1. The van der Waals surface area contributed by atoms with Gasteiger partial charge in [0.05, 0.1) is 0 Å². The van der Waals surface area contributed by atoms with Gasteiger partial charge in [-0.05, 0) is 63.8 Å². The van der Waals surface area contributed by atoms with Crippen LogP contribution in [-0.2, 0) is 7.05 Å². The molecule has 2 aromatic heterocycles. The maximum absolute atomic E-state index is 12.2. The second-order valence-electron chi connectivity index (χ2n) is 7.45. The smallest absolute Gasteiger partial charge is 0.421 e. The minimum Gasteiger partial charge on any atom is -0.453 e. The van der Waals surface area contributed by atoms with Gasteiger partial charge in [0, 0.05) is 31.0 Å². The first kappa shape index (κ1) is 20.4. The fourth-order valence-electron chi connectivity index (χ4n) is 3.22. The van der Waals surface area contributed by atoms with Gasteiger partial charge < -0.3 is 19.8 Å². The van der Waals surface area contributed by atoms with E-state index in [2.05, 4.69) is 15.6 Å². The Morgan fingerprint density at radius 3 is 2.34 bits per heavy atom. The van der Waals surface area contributed by atoms with Crippen molar-refractivity contribution in [2.75, 3.05) is 5.32 Å². The van der Waals surface area contributed by atoms with Crippen molar-refractivity contribution >= 4 is 22.9 Å². The van der Waals surface area contributed by atoms with E-state index in [1.54, 1.807) is 19.3 Å². The Morgan fingerprint density at radius 2 is 1.76 bits per heavy atom. The molecule has 2 heterocycles. The van der Waals surface area contributed by atoms with Crippen LogP contribution in [0.1, 0.15) is 36.1 Å². The molecule has 0 aliphatic carbocycles. The maximum Gasteiger partial charge on any atom is 0.421 e. The van der Waals surface area contributed by atoms with Gasteiger partial charge in [-0.1, -0.05) is 0 Å². The minimum atomic E-state index is -0.500. The van der Waals surface area contributed by atoms with Crippen molar-refractivity contribution in [1.82, 2.24) is 14.9 Å². The summed E-state index contributed by atoms with van der Waals surface area (Å²) in [6, 6.07) is 1.45. The molecule has 0 aliphatic heterocycles. The molecule has 3 aromatic rings. The number of aromatic nitrogens is 2. The van der Waals surface area contributed by atoms with Crippen LogP contribution in [0, 0.1) is 27.7 Å². The summed E-state index contributed by atoms with van der Waals surface area (Å²) in [4.78, 5) is 28.3. The molecule has 2 amide bonds. The number of aryl methyl sites for hydroxylation is 1. The molecule has 8 heteroatoms. The summed E-state index contributed by atoms with van der Waals surface area (Å²) < 4.78 is 12.8. The van der Waals surface area contributed by atoms with Crippen molar-refractivity contribution in [2.45, 2.75) is 47.6 Å². The maximum atomic E-state index is 12.2. The van der Waals surface area contributed by atoms with Gasteiger partial charge in [0.1, 0.15) is 5.75 Å². The quantitative estimate of drug-likeness (QED) is 0.690. The zero-order chi connectivity index (χ0) is 21.5. The number of oxazole rings is 1. The number of nitrogens with zero attached hydrogens (tertiary/aromatic N) is 2. The third-order valence-electron chi connectivity index (χ3n) is 5.06. The van der Waals surface area contributed by atoms with Crippen LogP contribution in [0.2, 0.25) is 0 Å². The lowest BCUT2D eigenvalue weighted by Gasteiger charge is -2.21. The molecule has 0 radical (unpaired) electrons. The Kier molecular flexibility index (Phi) is 5.37. The van der Waals surface area contributed by atoms with Gasteiger partial charge in [-0.2, -0.15) is 0 Å². The highest BCUT2D eigenvalue weighted by atomic mass is 16.5. The summed E-state index contributed by atoms with van der Waals surface area (Å²) in [5.74, 6) is 0.574. The summed E-state index contributed by atoms with van der Waals surface area (Å²) >= 11 is 0. The molecule has 0 fully saturated rings. The van der Waals surface area contributed by atoms with Gasteiger partial charge in [-0.15, -0.1) is 0 Å². The van der Waals surface area contributed by atoms with E-state index in [0.29, 0.717) is 22.7 Å². The molecule has 154 valence electrons. The SMILES string of the molecule is Cc1c(C)c(Oc2ccnc3c2oc(=O)n3C)c(C)c(C)c1NC(=O)NC(C)C. The normalized spacial score (nSPS) is 11.2. The summed E-state index contributed by atoms with van der Waals surface area (Å²) in [6.45, 7) is 11.5. The number of benzene rings is 1. The summed E-state index contributed by atoms with van der Waals surface area (Å²) in [7, 11) is 1.60. The van der Waals surface area contributed by atoms with Crippen molar-refractivity contribution in [3.8, 4) is 11.5 Å². The molecule has 0 atom stereocenters. The van der Waals surface area contributed by atoms with Crippen molar-refractivity contribution in [3.05, 3.63) is 45.1 Å². The third kappa shape index (κ3) is 3.70. The number of anilines is 1. The zero-order valence-electron chi connectivity index (χ0n) is 17.8. The van der Waals surface area contributed by atoms with Crippen molar-refractivity contribution < 1.29 is 13.9 Å². The van der Waals surface area contributed by atoms with Crippen LogP contribution in [0.4, 0.5) is 10.5 Å². The Balaban J connectivity index is 2.05. The average Bonchev–Trinajstić information content (AvgIpc) is 2.95. The lowest BCUT2D eigenvalue weighted by atomic mass is 9.97. The predicted molar refractivity (Wildman–Crippen MR) is 112 cm³/mol. The monoisotopic (exact) mass is 398 g/mol. The fourth-order valence-corrected chi connectivity index (χ4v) is 3.22. The van der Waals surface area contributed by atoms with Crippen LogP contribution >= 0.6 is 0 Å². The van der Waals surface area contributed by atoms with Crippen LogP contribution in [0.3, 0.4) is 0 Å². The molecule has 29 heavy (non-hydrogen) atoms. The fraction of sp³-hybridized carbons (Fsp3) is 0.381. The Hall–Kier alpha value is -3.29. The molecule has 0 spiro atoms. The van der Waals surface area contributed by atoms with Crippen LogP contribution in [0.25, 0.3) is 11.2 Å². The van der Waals surface area contributed by atoms with Crippen molar-refractivity contribution in [3.63, 3.8) is 0 Å². The predicted octanol–water partition coefficient (Wildman–Crippen LogP) is 4.08. The average molecular weight is 398 g/mol. The zero-order valence-corrected chi connectivity index (χ0v) is 17.8. The number of pyridine rings is 1. The van der Waals surface area contributed by atoms with Crippen molar-refractivity contribution in [2.24, 2.45) is 7.05 Å². The standard InChI is InChI=1S/C21H26N4O4/c1-10(2)23-20(26)24-16-11(3)13(5)17(14(6)12(16)4)28-15-8-9-22-19-18(15)29-21(27)25(19)7/h8-10H,1-7H3,(H2,23,24,26). The van der Waals surface area contributed by atoms with E-state index in [1.165, 1.54) is 4.57 Å². The van der Waals surface area contributed by atoms with Crippen LogP contribution in [0.15, 0.2) is 21.5 Å². The third-order valence-corrected chi connectivity index (χ3v) is 5.06. The Morgan fingerprint density at radius 1 is 1.14 bits per heavy atom. The van der Waals surface area contributed by atoms with Gasteiger partial charge in [-0.3, -0.25) is 4.57 Å². The van der Waals surface area contributed by atoms with Crippen LogP contribution in [0.5, 0.6) is 11.5 Å². The lowest BCUT2D eigenvalue weighted by Crippen LogP contribution is -2.34. The molecule has 3 rings (SSSR count). The Labute approximate surface area is 168 Å². The Bertz CT molecular complexity index is 1130. The molecular weight excluding hydrogens is 372 g/mol. The summed E-state index contributed by atoms with van der Waals surface area (Å²) in [5.41, 5.74) is 5.06. The van der Waals surface area contributed by atoms with Crippen LogP contribution in [-0.4, -0.2) is 21.6 Å². The van der Waals surface area contributed by atoms with E-state index in [4.69, 9.17) is 9.15 Å². The first-order chi connectivity index (χ1) is 13.6. The van der Waals surface area contributed by atoms with Gasteiger partial charge in [0.25, 0.3) is 0 Å². The van der Waals surface area contributed by atoms with E-state index >= 15 is 0 Å². The number of amides is 2. The molecule has 8 nitrogen and oxygen atoms in total. The number of fused-ring (bicyclic) bond motifs is 1. The van der Waals surface area contributed by atoms with E-state index in [1.807, 2.05) is 41.5 Å². The number of ether oxygens (including phenoxy) is 1. The lowest BCUT2D eigenvalue weighted by molar-refractivity contribution is 0.250. The minimum absolute atomic E-state index is 0.0371. The molecule has 0 saturated heterocycles. The number of carbonyl (C=O) groups is 1. The summed E-state index contributed by atoms with van der Waals surface area (Å²) in [6.07, 6.45) is 1.57.